The molecule has 242 valence electrons. The zero-order valence-corrected chi connectivity index (χ0v) is 29.4. The van der Waals surface area contributed by atoms with Crippen LogP contribution in [0.3, 0.4) is 0 Å². The highest BCUT2D eigenvalue weighted by atomic mass is 31.2. The molecule has 1 aliphatic rings. The van der Waals surface area contributed by atoms with Gasteiger partial charge in [0.2, 0.25) is 0 Å². The molecular formula is C31H47N3O8PSi+. The molecule has 3 rings (SSSR count). The molecule has 3 atom stereocenters. The predicted octanol–water partition coefficient (Wildman–Crippen LogP) is 5.10. The molecule has 1 amide bonds. The molecule has 11 nitrogen and oxygen atoms in total. The number of aromatic nitrogens is 2. The molecule has 1 aliphatic heterocycles. The van der Waals surface area contributed by atoms with Gasteiger partial charge in [0.1, 0.15) is 32.4 Å². The van der Waals surface area contributed by atoms with Crippen LogP contribution in [-0.2, 0) is 30.0 Å². The second-order valence-corrected chi connectivity index (χ2v) is 22.5. The fraction of sp³-hybridized carbons (Fsp3) is 0.548. The Hall–Kier alpha value is -3.05. The van der Waals surface area contributed by atoms with Crippen molar-refractivity contribution in [3.05, 3.63) is 74.6 Å². The second-order valence-electron chi connectivity index (χ2n) is 13.3. The molecule has 2 aromatic rings. The number of carbonyl (C=O) groups excluding carboxylic acids is 2. The van der Waals surface area contributed by atoms with Crippen LogP contribution in [0.25, 0.3) is 6.20 Å². The van der Waals surface area contributed by atoms with E-state index < -0.39 is 57.4 Å². The van der Waals surface area contributed by atoms with E-state index in [9.17, 15) is 19.2 Å². The number of nitrogens with zero attached hydrogens (tertiary/aromatic N) is 3. The number of rotatable bonds is 10. The third-order valence-electron chi connectivity index (χ3n) is 8.16. The Morgan fingerprint density at radius 3 is 2.34 bits per heavy atom. The predicted molar refractivity (Wildman–Crippen MR) is 176 cm³/mol. The molecule has 0 unspecified atom stereocenters. The summed E-state index contributed by atoms with van der Waals surface area (Å²) in [6, 6.07) is 9.00. The SMILES string of the molecule is COC(=O)/C=C/n1c(=O)c(C)cn([C@H]2C[C@H](N(C(=O)OCc3ccccc3)[P+](C)(C)C)[C@@H](CO[Si](C)(C)C(C)(C)C)O2)c1=O. The maximum atomic E-state index is 13.8. The van der Waals surface area contributed by atoms with E-state index >= 15 is 0 Å². The van der Waals surface area contributed by atoms with Gasteiger partial charge < -0.3 is 18.6 Å². The first-order chi connectivity index (χ1) is 20.4. The molecule has 0 aliphatic carbocycles. The van der Waals surface area contributed by atoms with Crippen molar-refractivity contribution >= 4 is 34.0 Å². The molecule has 0 spiro atoms. The van der Waals surface area contributed by atoms with Crippen molar-refractivity contribution in [2.45, 2.75) is 77.2 Å². The molecule has 1 aromatic heterocycles. The van der Waals surface area contributed by atoms with Gasteiger partial charge in [-0.15, -0.1) is 0 Å². The maximum Gasteiger partial charge on any atom is 0.442 e. The number of hydrogen-bond acceptors (Lipinski definition) is 8. The summed E-state index contributed by atoms with van der Waals surface area (Å²) in [7, 11) is -3.04. The van der Waals surface area contributed by atoms with Crippen LogP contribution in [0.2, 0.25) is 18.1 Å². The van der Waals surface area contributed by atoms with Crippen molar-refractivity contribution in [3.8, 4) is 0 Å². The molecule has 1 aromatic carbocycles. The van der Waals surface area contributed by atoms with Crippen LogP contribution in [-0.4, -0.2) is 80.0 Å². The van der Waals surface area contributed by atoms with Gasteiger partial charge in [-0.2, -0.15) is 4.67 Å². The number of esters is 1. The van der Waals surface area contributed by atoms with E-state index in [0.717, 1.165) is 22.4 Å². The second kappa shape index (κ2) is 13.9. The molecule has 1 fully saturated rings. The van der Waals surface area contributed by atoms with Gasteiger partial charge in [0, 0.05) is 30.5 Å². The molecule has 0 radical (unpaired) electrons. The number of benzene rings is 1. The van der Waals surface area contributed by atoms with Gasteiger partial charge in [-0.25, -0.2) is 19.0 Å². The van der Waals surface area contributed by atoms with Crippen molar-refractivity contribution in [1.82, 2.24) is 13.8 Å². The highest BCUT2D eigenvalue weighted by Crippen LogP contribution is 2.55. The van der Waals surface area contributed by atoms with Gasteiger partial charge in [-0.05, 0) is 30.6 Å². The van der Waals surface area contributed by atoms with Crippen LogP contribution < -0.4 is 11.2 Å². The van der Waals surface area contributed by atoms with E-state index in [2.05, 4.69) is 38.6 Å². The highest BCUT2D eigenvalue weighted by molar-refractivity contribution is 7.72. The first-order valence-corrected chi connectivity index (χ1v) is 20.6. The van der Waals surface area contributed by atoms with Gasteiger partial charge in [0.25, 0.3) is 5.56 Å². The van der Waals surface area contributed by atoms with Gasteiger partial charge in [-0.1, -0.05) is 51.1 Å². The molecular weight excluding hydrogens is 601 g/mol. The molecule has 0 N–H and O–H groups in total. The fourth-order valence-electron chi connectivity index (χ4n) is 4.67. The van der Waals surface area contributed by atoms with E-state index in [1.54, 1.807) is 11.6 Å². The average Bonchev–Trinajstić information content (AvgIpc) is 3.34. The van der Waals surface area contributed by atoms with Gasteiger partial charge in [0.15, 0.2) is 8.32 Å². The summed E-state index contributed by atoms with van der Waals surface area (Å²) in [5.74, 6) is -0.705. The highest BCUT2D eigenvalue weighted by Gasteiger charge is 2.51. The number of carbonyl (C=O) groups is 2. The number of amides is 1. The Kier molecular flexibility index (Phi) is 11.2. The normalized spacial score (nSPS) is 19.3. The number of ether oxygens (including phenoxy) is 3. The maximum absolute atomic E-state index is 13.8. The lowest BCUT2D eigenvalue weighted by molar-refractivity contribution is -0.134. The summed E-state index contributed by atoms with van der Waals surface area (Å²) in [6.45, 7) is 18.8. The molecule has 0 bridgehead atoms. The number of aryl methyl sites for hydroxylation is 1. The monoisotopic (exact) mass is 648 g/mol. The van der Waals surface area contributed by atoms with Gasteiger partial charge in [0.05, 0.1) is 33.7 Å². The van der Waals surface area contributed by atoms with Crippen molar-refractivity contribution in [2.75, 3.05) is 33.7 Å². The average molecular weight is 649 g/mol. The fourth-order valence-corrected chi connectivity index (χ4v) is 7.37. The van der Waals surface area contributed by atoms with Crippen molar-refractivity contribution < 1.29 is 28.2 Å². The van der Waals surface area contributed by atoms with E-state index in [4.69, 9.17) is 13.9 Å². The number of hydrogen-bond donors (Lipinski definition) is 0. The molecule has 1 saturated heterocycles. The summed E-state index contributed by atoms with van der Waals surface area (Å²) < 4.78 is 27.5. The third-order valence-corrected chi connectivity index (χ3v) is 14.4. The first kappa shape index (κ1) is 35.4. The third kappa shape index (κ3) is 8.35. The Labute approximate surface area is 261 Å². The quantitative estimate of drug-likeness (QED) is 0.151. The van der Waals surface area contributed by atoms with Gasteiger partial charge >= 0.3 is 17.8 Å². The smallest absolute Gasteiger partial charge is 0.442 e. The van der Waals surface area contributed by atoms with E-state index in [0.29, 0.717) is 0 Å². The molecule has 13 heteroatoms. The topological polar surface area (TPSA) is 118 Å². The van der Waals surface area contributed by atoms with Crippen LogP contribution in [0.1, 0.15) is 44.5 Å². The Bertz CT molecular complexity index is 1470. The lowest BCUT2D eigenvalue weighted by atomic mass is 10.1. The lowest BCUT2D eigenvalue weighted by Crippen LogP contribution is -2.48. The minimum Gasteiger partial charge on any atom is -0.466 e. The van der Waals surface area contributed by atoms with E-state index in [1.807, 2.05) is 50.3 Å². The Morgan fingerprint density at radius 2 is 1.77 bits per heavy atom. The van der Waals surface area contributed by atoms with Crippen LogP contribution in [0, 0.1) is 6.92 Å². The standard InChI is InChI=1S/C31H47N3O8PSi/c1-22-19-33(29(37)32(28(22)36)17-16-27(35)39-5)26-18-24(25(42-26)21-41-44(9,10)31(2,3)4)34(43(6,7)8)30(38)40-20-23-14-12-11-13-15-23/h11-17,19,24-26H,18,20-21H2,1-10H3/q+1/b17-16+/t24-,25+,26+/m0/s1. The minimum absolute atomic E-state index is 0.0542. The summed E-state index contributed by atoms with van der Waals surface area (Å²) in [4.78, 5) is 51.9. The summed E-state index contributed by atoms with van der Waals surface area (Å²) in [5.41, 5.74) is -0.0943. The summed E-state index contributed by atoms with van der Waals surface area (Å²) >= 11 is 0. The molecule has 0 saturated carbocycles. The van der Waals surface area contributed by atoms with Crippen LogP contribution in [0.4, 0.5) is 4.79 Å². The van der Waals surface area contributed by atoms with Crippen LogP contribution in [0.5, 0.6) is 0 Å². The largest absolute Gasteiger partial charge is 0.466 e. The Balaban J connectivity index is 2.03. The summed E-state index contributed by atoms with van der Waals surface area (Å²) in [6.07, 6.45) is 1.98. The zero-order chi connectivity index (χ0) is 33.0. The number of methoxy groups -OCH3 is 1. The van der Waals surface area contributed by atoms with Crippen LogP contribution >= 0.6 is 7.41 Å². The van der Waals surface area contributed by atoms with E-state index in [1.165, 1.54) is 17.9 Å². The summed E-state index contributed by atoms with van der Waals surface area (Å²) in [5, 5.41) is -0.0542. The van der Waals surface area contributed by atoms with Crippen LogP contribution in [0.15, 0.2) is 52.2 Å². The molecule has 2 heterocycles. The Morgan fingerprint density at radius 1 is 1.14 bits per heavy atom. The minimum atomic E-state index is -2.20. The molecule has 44 heavy (non-hydrogen) atoms. The van der Waals surface area contributed by atoms with Crippen molar-refractivity contribution in [1.29, 1.82) is 0 Å². The van der Waals surface area contributed by atoms with Crippen molar-refractivity contribution in [3.63, 3.8) is 0 Å². The zero-order valence-electron chi connectivity index (χ0n) is 27.5. The first-order valence-electron chi connectivity index (χ1n) is 14.6. The lowest BCUT2D eigenvalue weighted by Gasteiger charge is -2.39. The van der Waals surface area contributed by atoms with E-state index in [-0.39, 0.29) is 30.2 Å². The van der Waals surface area contributed by atoms with Crippen molar-refractivity contribution in [2.24, 2.45) is 0 Å². The van der Waals surface area contributed by atoms with Gasteiger partial charge in [-0.3, -0.25) is 9.36 Å².